The first-order valence-corrected chi connectivity index (χ1v) is 12.7. The zero-order valence-corrected chi connectivity index (χ0v) is 22.0. The number of unbranched alkanes of at least 4 members (excludes halogenated alkanes) is 1. The standard InChI is InChI=1S/C27H38N6O4/c1-27(2,3)17-8-10-18(11-9-17)31-21(34)7-5-6-14-32(4)15-20-23(35)24(36)26(37-20)33-16-30-22-19(28)12-13-29-25(22)33/h8-13,16,20,23-24,26,35-36H,5-7,14-15H2,1-4H3,(H2,28,29)(H,31,34)/t20-,23-,24-,26-/m1/s1. The van der Waals surface area contributed by atoms with E-state index >= 15 is 0 Å². The Balaban J connectivity index is 1.21. The van der Waals surface area contributed by atoms with Crippen molar-refractivity contribution in [1.82, 2.24) is 19.4 Å². The summed E-state index contributed by atoms with van der Waals surface area (Å²) in [6.07, 6.45) is 1.51. The van der Waals surface area contributed by atoms with E-state index in [4.69, 9.17) is 10.5 Å². The van der Waals surface area contributed by atoms with E-state index in [0.29, 0.717) is 29.8 Å². The SMILES string of the molecule is CN(CCCCC(=O)Nc1ccc(C(C)(C)C)cc1)C[C@H]1O[C@@H](n2cnc3c(N)ccnc32)[C@H](O)[C@@H]1O. The van der Waals surface area contributed by atoms with E-state index < -0.39 is 24.5 Å². The Bertz CT molecular complexity index is 1210. The first-order chi connectivity index (χ1) is 17.5. The fourth-order valence-corrected chi connectivity index (χ4v) is 4.59. The topological polar surface area (TPSA) is 139 Å². The Morgan fingerprint density at radius 2 is 1.86 bits per heavy atom. The van der Waals surface area contributed by atoms with E-state index in [2.05, 4.69) is 36.1 Å². The molecule has 10 heteroatoms. The molecule has 0 aliphatic carbocycles. The number of carbonyl (C=O) groups is 1. The van der Waals surface area contributed by atoms with Crippen molar-refractivity contribution in [2.24, 2.45) is 0 Å². The van der Waals surface area contributed by atoms with E-state index in [9.17, 15) is 15.0 Å². The number of nitrogens with two attached hydrogens (primary N) is 1. The van der Waals surface area contributed by atoms with Crippen LogP contribution in [0, 0.1) is 0 Å². The van der Waals surface area contributed by atoms with Gasteiger partial charge in [-0.05, 0) is 55.6 Å². The Labute approximate surface area is 217 Å². The molecule has 0 unspecified atom stereocenters. The molecule has 4 atom stereocenters. The summed E-state index contributed by atoms with van der Waals surface area (Å²) in [4.78, 5) is 22.9. The largest absolute Gasteiger partial charge is 0.397 e. The minimum Gasteiger partial charge on any atom is -0.397 e. The van der Waals surface area contributed by atoms with Gasteiger partial charge in [-0.1, -0.05) is 32.9 Å². The van der Waals surface area contributed by atoms with Crippen LogP contribution in [0.4, 0.5) is 11.4 Å². The maximum absolute atomic E-state index is 12.3. The number of aliphatic hydroxyl groups excluding tert-OH is 2. The van der Waals surface area contributed by atoms with Crippen molar-refractivity contribution >= 4 is 28.4 Å². The predicted molar refractivity (Wildman–Crippen MR) is 143 cm³/mol. The molecule has 0 radical (unpaired) electrons. The molecule has 200 valence electrons. The zero-order valence-electron chi connectivity index (χ0n) is 22.0. The third-order valence-electron chi connectivity index (χ3n) is 6.82. The van der Waals surface area contributed by atoms with Crippen LogP contribution < -0.4 is 11.1 Å². The van der Waals surface area contributed by atoms with Crippen molar-refractivity contribution in [1.29, 1.82) is 0 Å². The quantitative estimate of drug-likeness (QED) is 0.322. The molecule has 1 fully saturated rings. The van der Waals surface area contributed by atoms with Crippen LogP contribution in [0.2, 0.25) is 0 Å². The number of anilines is 2. The molecule has 5 N–H and O–H groups in total. The number of aliphatic hydroxyl groups is 2. The molecular weight excluding hydrogens is 472 g/mol. The van der Waals surface area contributed by atoms with Gasteiger partial charge in [-0.3, -0.25) is 9.36 Å². The number of amides is 1. The number of nitrogens with one attached hydrogen (secondary N) is 1. The highest BCUT2D eigenvalue weighted by Crippen LogP contribution is 2.32. The Morgan fingerprint density at radius 3 is 2.57 bits per heavy atom. The normalized spacial score (nSPS) is 22.1. The van der Waals surface area contributed by atoms with Crippen LogP contribution in [0.3, 0.4) is 0 Å². The number of likely N-dealkylation sites (N-methyl/N-ethyl adjacent to an activating group) is 1. The zero-order chi connectivity index (χ0) is 26.7. The van der Waals surface area contributed by atoms with Crippen molar-refractivity contribution in [2.75, 3.05) is 31.2 Å². The van der Waals surface area contributed by atoms with Gasteiger partial charge in [0.1, 0.15) is 23.8 Å². The number of nitrogen functional groups attached to an aromatic ring is 1. The molecule has 1 saturated heterocycles. The van der Waals surface area contributed by atoms with Crippen LogP contribution in [0.25, 0.3) is 11.2 Å². The minimum atomic E-state index is -1.12. The van der Waals surface area contributed by atoms with Crippen LogP contribution in [-0.2, 0) is 14.9 Å². The molecule has 4 rings (SSSR count). The molecular formula is C27H38N6O4. The van der Waals surface area contributed by atoms with Gasteiger partial charge in [0.2, 0.25) is 5.91 Å². The van der Waals surface area contributed by atoms with Crippen LogP contribution >= 0.6 is 0 Å². The number of imidazole rings is 1. The molecule has 3 aromatic rings. The number of fused-ring (bicyclic) bond motifs is 1. The maximum atomic E-state index is 12.3. The number of benzene rings is 1. The van der Waals surface area contributed by atoms with Gasteiger partial charge >= 0.3 is 0 Å². The van der Waals surface area contributed by atoms with Gasteiger partial charge in [-0.2, -0.15) is 0 Å². The van der Waals surface area contributed by atoms with Gasteiger partial charge in [0.05, 0.1) is 12.0 Å². The maximum Gasteiger partial charge on any atom is 0.224 e. The highest BCUT2D eigenvalue weighted by Gasteiger charge is 2.44. The lowest BCUT2D eigenvalue weighted by molar-refractivity contribution is -0.116. The molecule has 0 spiro atoms. The minimum absolute atomic E-state index is 0.00604. The highest BCUT2D eigenvalue weighted by molar-refractivity contribution is 5.90. The van der Waals surface area contributed by atoms with Crippen molar-refractivity contribution in [2.45, 2.75) is 70.0 Å². The van der Waals surface area contributed by atoms with Gasteiger partial charge in [0.15, 0.2) is 11.9 Å². The highest BCUT2D eigenvalue weighted by atomic mass is 16.6. The van der Waals surface area contributed by atoms with E-state index in [0.717, 1.165) is 25.1 Å². The van der Waals surface area contributed by atoms with E-state index in [1.54, 1.807) is 16.8 Å². The Morgan fingerprint density at radius 1 is 1.14 bits per heavy atom. The molecule has 1 aromatic carbocycles. The number of ether oxygens (including phenoxy) is 1. The molecule has 0 saturated carbocycles. The summed E-state index contributed by atoms with van der Waals surface area (Å²) < 4.78 is 7.63. The molecule has 37 heavy (non-hydrogen) atoms. The second-order valence-electron chi connectivity index (χ2n) is 10.9. The number of aromatic nitrogens is 3. The third-order valence-corrected chi connectivity index (χ3v) is 6.82. The average molecular weight is 511 g/mol. The first kappa shape index (κ1) is 27.0. The fraction of sp³-hybridized carbons (Fsp3) is 0.519. The summed E-state index contributed by atoms with van der Waals surface area (Å²) in [5.41, 5.74) is 9.57. The number of carbonyl (C=O) groups excluding carboxylic acids is 1. The summed E-state index contributed by atoms with van der Waals surface area (Å²) in [7, 11) is 1.93. The average Bonchev–Trinajstić information content (AvgIpc) is 3.39. The predicted octanol–water partition coefficient (Wildman–Crippen LogP) is 2.67. The van der Waals surface area contributed by atoms with Crippen LogP contribution in [0.5, 0.6) is 0 Å². The van der Waals surface area contributed by atoms with Gasteiger partial charge < -0.3 is 30.9 Å². The number of hydrogen-bond acceptors (Lipinski definition) is 8. The van der Waals surface area contributed by atoms with E-state index in [1.807, 2.05) is 36.2 Å². The molecule has 1 amide bonds. The summed E-state index contributed by atoms with van der Waals surface area (Å²) in [6, 6.07) is 9.64. The van der Waals surface area contributed by atoms with Gasteiger partial charge in [0.25, 0.3) is 0 Å². The molecule has 3 heterocycles. The number of nitrogens with zero attached hydrogens (tertiary/aromatic N) is 4. The van der Waals surface area contributed by atoms with E-state index in [1.165, 1.54) is 11.9 Å². The number of hydrogen-bond donors (Lipinski definition) is 4. The lowest BCUT2D eigenvalue weighted by atomic mass is 9.87. The summed E-state index contributed by atoms with van der Waals surface area (Å²) in [6.45, 7) is 7.64. The molecule has 1 aliphatic heterocycles. The van der Waals surface area contributed by atoms with Crippen LogP contribution in [0.15, 0.2) is 42.9 Å². The van der Waals surface area contributed by atoms with Crippen LogP contribution in [0.1, 0.15) is 51.8 Å². The van der Waals surface area contributed by atoms with Gasteiger partial charge in [0, 0.05) is 24.8 Å². The molecule has 2 aromatic heterocycles. The second kappa shape index (κ2) is 11.1. The number of pyridine rings is 1. The first-order valence-electron chi connectivity index (χ1n) is 12.7. The van der Waals surface area contributed by atoms with Gasteiger partial charge in [-0.25, -0.2) is 9.97 Å². The Hall–Kier alpha value is -3.05. The second-order valence-corrected chi connectivity index (χ2v) is 10.9. The summed E-state index contributed by atoms with van der Waals surface area (Å²) in [5.74, 6) is -0.00604. The Kier molecular flexibility index (Phi) is 8.13. The number of rotatable bonds is 9. The summed E-state index contributed by atoms with van der Waals surface area (Å²) in [5, 5.41) is 24.2. The lowest BCUT2D eigenvalue weighted by Gasteiger charge is -2.22. The fourth-order valence-electron chi connectivity index (χ4n) is 4.59. The van der Waals surface area contributed by atoms with Crippen LogP contribution in [-0.4, -0.2) is 74.0 Å². The van der Waals surface area contributed by atoms with Crippen molar-refractivity contribution in [3.8, 4) is 0 Å². The van der Waals surface area contributed by atoms with Gasteiger partial charge in [-0.15, -0.1) is 0 Å². The van der Waals surface area contributed by atoms with E-state index in [-0.39, 0.29) is 11.3 Å². The van der Waals surface area contributed by atoms with Crippen molar-refractivity contribution in [3.63, 3.8) is 0 Å². The lowest BCUT2D eigenvalue weighted by Crippen LogP contribution is -2.38. The van der Waals surface area contributed by atoms with Crippen molar-refractivity contribution < 1.29 is 19.7 Å². The summed E-state index contributed by atoms with van der Waals surface area (Å²) >= 11 is 0. The molecule has 1 aliphatic rings. The molecule has 10 nitrogen and oxygen atoms in total. The smallest absolute Gasteiger partial charge is 0.224 e. The third kappa shape index (κ3) is 6.27. The monoisotopic (exact) mass is 510 g/mol. The molecule has 0 bridgehead atoms. The van der Waals surface area contributed by atoms with Crippen molar-refractivity contribution in [3.05, 3.63) is 48.4 Å².